The highest BCUT2D eigenvalue weighted by molar-refractivity contribution is 6.33. The van der Waals surface area contributed by atoms with Crippen LogP contribution in [0.4, 0.5) is 27.5 Å². The molecule has 1 unspecified atom stereocenters. The molecule has 6 heterocycles. The zero-order valence-electron chi connectivity index (χ0n) is 37.2. The number of hydrogen-bond acceptors (Lipinski definition) is 14. The number of fused-ring (bicyclic) bond motifs is 2. The number of amides is 5. The van der Waals surface area contributed by atoms with E-state index in [1.165, 1.54) is 29.9 Å². The molecule has 4 fully saturated rings. The SMILES string of the molecule is CNC(=O)COc1cc2c(F)c(Nc3nc(N4CCC(OC5CC(N6CCN(c7ccc8c(c7C)C(=O)N(C7CCC(=O)NC7=O)C8=O)CC6)C5)CC4)ncc3Cl)ccc2n(C(C)C)c1=O. The second-order valence-corrected chi connectivity index (χ2v) is 18.2. The van der Waals surface area contributed by atoms with Gasteiger partial charge in [-0.25, -0.2) is 9.37 Å². The maximum Gasteiger partial charge on any atom is 0.293 e. The van der Waals surface area contributed by atoms with Crippen LogP contribution in [0, 0.1) is 12.7 Å². The summed E-state index contributed by atoms with van der Waals surface area (Å²) < 4.78 is 29.7. The third-order valence-electron chi connectivity index (χ3n) is 13.5. The van der Waals surface area contributed by atoms with Crippen LogP contribution in [0.25, 0.3) is 10.9 Å². The van der Waals surface area contributed by atoms with Crippen molar-refractivity contribution < 1.29 is 37.8 Å². The molecule has 2 aromatic heterocycles. The molecule has 4 aliphatic heterocycles. The van der Waals surface area contributed by atoms with Crippen LogP contribution in [0.2, 0.25) is 5.02 Å². The van der Waals surface area contributed by atoms with Gasteiger partial charge in [0.05, 0.1) is 40.7 Å². The zero-order valence-corrected chi connectivity index (χ0v) is 38.0. The average Bonchev–Trinajstić information content (AvgIpc) is 3.54. The van der Waals surface area contributed by atoms with E-state index < -0.39 is 53.6 Å². The van der Waals surface area contributed by atoms with Gasteiger partial charge < -0.3 is 34.5 Å². The van der Waals surface area contributed by atoms with Crippen LogP contribution >= 0.6 is 11.6 Å². The molecule has 5 amide bonds. The highest BCUT2D eigenvalue weighted by Crippen LogP contribution is 2.37. The van der Waals surface area contributed by atoms with Crippen LogP contribution in [0.5, 0.6) is 5.75 Å². The van der Waals surface area contributed by atoms with E-state index in [0.717, 1.165) is 68.0 Å². The number of carbonyl (C=O) groups excluding carboxylic acids is 5. The van der Waals surface area contributed by atoms with Crippen molar-refractivity contribution in [3.05, 3.63) is 74.4 Å². The number of piperazine rings is 1. The zero-order chi connectivity index (χ0) is 46.6. The Balaban J connectivity index is 0.762. The van der Waals surface area contributed by atoms with Crippen molar-refractivity contribution in [1.82, 2.24) is 35.0 Å². The number of piperidine rings is 2. The number of hydrogen-bond donors (Lipinski definition) is 3. The molecule has 66 heavy (non-hydrogen) atoms. The number of aromatic nitrogens is 3. The Hall–Kier alpha value is -6.18. The van der Waals surface area contributed by atoms with Crippen molar-refractivity contribution in [3.8, 4) is 5.75 Å². The number of pyridine rings is 1. The summed E-state index contributed by atoms with van der Waals surface area (Å²) in [5.74, 6) is -2.57. The first-order chi connectivity index (χ1) is 31.7. The molecule has 3 N–H and O–H groups in total. The Morgan fingerprint density at radius 1 is 0.955 bits per heavy atom. The van der Waals surface area contributed by atoms with E-state index in [9.17, 15) is 28.8 Å². The van der Waals surface area contributed by atoms with Gasteiger partial charge in [0.2, 0.25) is 17.8 Å². The van der Waals surface area contributed by atoms with E-state index in [0.29, 0.717) is 36.2 Å². The average molecular weight is 927 g/mol. The van der Waals surface area contributed by atoms with Gasteiger partial charge >= 0.3 is 0 Å². The number of nitrogens with one attached hydrogen (secondary N) is 3. The summed E-state index contributed by atoms with van der Waals surface area (Å²) in [5, 5.41) is 8.03. The van der Waals surface area contributed by atoms with Gasteiger partial charge in [0.1, 0.15) is 11.1 Å². The fraction of sp³-hybridized carbons (Fsp3) is 0.478. The number of rotatable bonds is 12. The number of ether oxygens (including phenoxy) is 2. The molecule has 0 bridgehead atoms. The summed E-state index contributed by atoms with van der Waals surface area (Å²) in [5.41, 5.74) is 2.22. The van der Waals surface area contributed by atoms with E-state index in [1.807, 2.05) is 13.0 Å². The lowest BCUT2D eigenvalue weighted by Crippen LogP contribution is -2.56. The van der Waals surface area contributed by atoms with Crippen molar-refractivity contribution in [3.63, 3.8) is 0 Å². The lowest BCUT2D eigenvalue weighted by atomic mass is 9.87. The minimum absolute atomic E-state index is 0.0743. The lowest BCUT2D eigenvalue weighted by Gasteiger charge is -2.48. The summed E-state index contributed by atoms with van der Waals surface area (Å²) in [6, 6.07) is 7.16. The van der Waals surface area contributed by atoms with Crippen LogP contribution in [0.15, 0.2) is 41.3 Å². The Kier molecular flexibility index (Phi) is 12.4. The first-order valence-electron chi connectivity index (χ1n) is 22.5. The summed E-state index contributed by atoms with van der Waals surface area (Å²) in [6.45, 7) is 9.62. The third kappa shape index (κ3) is 8.43. The van der Waals surface area contributed by atoms with Crippen LogP contribution < -0.4 is 36.0 Å². The predicted molar refractivity (Wildman–Crippen MR) is 243 cm³/mol. The van der Waals surface area contributed by atoms with Gasteiger partial charge in [0.25, 0.3) is 23.3 Å². The topological polar surface area (TPSA) is 201 Å². The fourth-order valence-corrected chi connectivity index (χ4v) is 9.93. The molecule has 3 saturated heterocycles. The minimum Gasteiger partial charge on any atom is -0.478 e. The Labute approximate surface area is 384 Å². The minimum atomic E-state index is -0.999. The standard InChI is InChI=1S/C46H52ClFN10O8/c1-24(2)57-34-8-6-32(40(48)30(34)21-36(44(57)63)65-23-38(60)49-4)51-41-31(47)22-50-46(53-41)56-13-11-27(12-14-56)66-28-19-26(20-28)54-15-17-55(18-16-54)33-7-5-29-39(25(33)3)45(64)58(43(29)62)35-9-10-37(59)52-42(35)61/h5-8,21-22,24,26-28,35H,9-20,23H2,1-4H3,(H,49,60)(H,50,51,53)(H,52,59,61). The predicted octanol–water partition coefficient (Wildman–Crippen LogP) is 4.08. The highest BCUT2D eigenvalue weighted by Gasteiger charge is 2.46. The molecule has 18 nitrogen and oxygen atoms in total. The molecule has 4 aromatic rings. The lowest BCUT2D eigenvalue weighted by molar-refractivity contribution is -0.136. The molecular weight excluding hydrogens is 875 g/mol. The van der Waals surface area contributed by atoms with E-state index in [-0.39, 0.29) is 64.3 Å². The number of nitrogens with zero attached hydrogens (tertiary/aromatic N) is 7. The molecular formula is C46H52ClFN10O8. The van der Waals surface area contributed by atoms with Crippen LogP contribution in [0.3, 0.4) is 0 Å². The highest BCUT2D eigenvalue weighted by atomic mass is 35.5. The van der Waals surface area contributed by atoms with E-state index >= 15 is 4.39 Å². The smallest absolute Gasteiger partial charge is 0.293 e. The van der Waals surface area contributed by atoms with Crippen molar-refractivity contribution in [2.24, 2.45) is 0 Å². The van der Waals surface area contributed by atoms with Crippen LogP contribution in [-0.2, 0) is 19.1 Å². The molecule has 0 spiro atoms. The molecule has 0 radical (unpaired) electrons. The van der Waals surface area contributed by atoms with Gasteiger partial charge in [-0.1, -0.05) is 11.6 Å². The summed E-state index contributed by atoms with van der Waals surface area (Å²) in [6.07, 6.45) is 5.42. The largest absolute Gasteiger partial charge is 0.478 e. The van der Waals surface area contributed by atoms with E-state index in [2.05, 4.69) is 40.6 Å². The summed E-state index contributed by atoms with van der Waals surface area (Å²) >= 11 is 6.53. The first-order valence-corrected chi connectivity index (χ1v) is 22.8. The van der Waals surface area contributed by atoms with Gasteiger partial charge in [-0.15, -0.1) is 0 Å². The Bertz CT molecular complexity index is 2690. The molecule has 9 rings (SSSR count). The number of imide groups is 2. The molecule has 1 aliphatic carbocycles. The Morgan fingerprint density at radius 2 is 1.70 bits per heavy atom. The number of benzene rings is 2. The fourth-order valence-electron chi connectivity index (χ4n) is 9.79. The number of likely N-dealkylation sites (N-methyl/N-ethyl adjacent to an activating group) is 1. The molecule has 5 aliphatic rings. The van der Waals surface area contributed by atoms with Crippen LogP contribution in [-0.4, -0.2) is 131 Å². The second-order valence-electron chi connectivity index (χ2n) is 17.8. The van der Waals surface area contributed by atoms with Crippen molar-refractivity contribution >= 4 is 75.2 Å². The number of halogens is 2. The molecule has 1 saturated carbocycles. The maximum absolute atomic E-state index is 16.2. The van der Waals surface area contributed by atoms with E-state index in [4.69, 9.17) is 21.1 Å². The van der Waals surface area contributed by atoms with E-state index in [1.54, 1.807) is 26.0 Å². The van der Waals surface area contributed by atoms with Crippen molar-refractivity contribution in [2.75, 3.05) is 68.0 Å². The maximum atomic E-state index is 16.2. The molecule has 2 aromatic carbocycles. The van der Waals surface area contributed by atoms with Gasteiger partial charge in [0.15, 0.2) is 24.0 Å². The summed E-state index contributed by atoms with van der Waals surface area (Å²) in [7, 11) is 1.45. The second kappa shape index (κ2) is 18.2. The normalized spacial score (nSPS) is 21.6. The number of anilines is 4. The van der Waals surface area contributed by atoms with Crippen molar-refractivity contribution in [2.45, 2.75) is 89.6 Å². The van der Waals surface area contributed by atoms with Crippen LogP contribution in [0.1, 0.15) is 84.7 Å². The van der Waals surface area contributed by atoms with Crippen molar-refractivity contribution in [1.29, 1.82) is 0 Å². The summed E-state index contributed by atoms with van der Waals surface area (Å²) in [4.78, 5) is 93.2. The number of carbonyl (C=O) groups is 5. The molecule has 1 atom stereocenters. The molecule has 20 heteroatoms. The van der Waals surface area contributed by atoms with Gasteiger partial charge in [-0.3, -0.25) is 43.9 Å². The molecule has 348 valence electrons. The first kappa shape index (κ1) is 45.0. The Morgan fingerprint density at radius 3 is 2.39 bits per heavy atom. The quantitative estimate of drug-likeness (QED) is 0.172. The van der Waals surface area contributed by atoms with Gasteiger partial charge in [-0.2, -0.15) is 4.98 Å². The monoisotopic (exact) mass is 926 g/mol. The third-order valence-corrected chi connectivity index (χ3v) is 13.7. The van der Waals surface area contributed by atoms with Gasteiger partial charge in [0, 0.05) is 75.9 Å². The van der Waals surface area contributed by atoms with Gasteiger partial charge in [-0.05, 0) is 88.8 Å².